The van der Waals surface area contributed by atoms with Gasteiger partial charge >= 0.3 is 6.09 Å². The molecule has 5 rings (SSSR count). The molecule has 2 fully saturated rings. The number of anilines is 1. The third-order valence-electron chi connectivity index (χ3n) is 9.19. The molecule has 0 saturated carbocycles. The van der Waals surface area contributed by atoms with E-state index >= 15 is 0 Å². The van der Waals surface area contributed by atoms with Crippen LogP contribution < -0.4 is 15.8 Å². The van der Waals surface area contributed by atoms with Crippen LogP contribution in [0, 0.1) is 5.82 Å². The molecule has 228 valence electrons. The number of piperazine rings is 2. The number of amides is 2. The zero-order valence-corrected chi connectivity index (χ0v) is 25.3. The highest BCUT2D eigenvalue weighted by Crippen LogP contribution is 2.40. The van der Waals surface area contributed by atoms with Gasteiger partial charge in [0.05, 0.1) is 17.9 Å². The molecule has 0 bridgehead atoms. The Morgan fingerprint density at radius 2 is 1.81 bits per heavy atom. The first-order valence-corrected chi connectivity index (χ1v) is 14.8. The number of hydrogen-bond donors (Lipinski definition) is 2. The highest BCUT2D eigenvalue weighted by Gasteiger charge is 2.43. The SMILES string of the molecule is CC1CNCCN1C[C@H]1CN(C(=O)O)[C@H](C)CN1CC(=O)N1CC(C)(C)c2c1cc(Cc1ccc(F)cc1)c(=O)n2C. The highest BCUT2D eigenvalue weighted by atomic mass is 19.1. The van der Waals surface area contributed by atoms with Crippen LogP contribution in [0.3, 0.4) is 0 Å². The Labute approximate surface area is 246 Å². The second-order valence-electron chi connectivity index (χ2n) is 12.8. The zero-order valence-electron chi connectivity index (χ0n) is 25.3. The van der Waals surface area contributed by atoms with Crippen molar-refractivity contribution in [2.75, 3.05) is 57.3 Å². The van der Waals surface area contributed by atoms with E-state index in [4.69, 9.17) is 0 Å². The number of nitrogens with one attached hydrogen (secondary N) is 1. The van der Waals surface area contributed by atoms with E-state index < -0.39 is 11.5 Å². The minimum absolute atomic E-state index is 0.0671. The summed E-state index contributed by atoms with van der Waals surface area (Å²) in [7, 11) is 1.75. The first-order valence-electron chi connectivity index (χ1n) is 14.8. The van der Waals surface area contributed by atoms with E-state index in [1.165, 1.54) is 17.0 Å². The first-order chi connectivity index (χ1) is 19.9. The number of carbonyl (C=O) groups is 2. The van der Waals surface area contributed by atoms with E-state index in [9.17, 15) is 23.9 Å². The van der Waals surface area contributed by atoms with Crippen LogP contribution in [0.4, 0.5) is 14.9 Å². The fourth-order valence-corrected chi connectivity index (χ4v) is 6.94. The topological polar surface area (TPSA) is 101 Å². The van der Waals surface area contributed by atoms with Crippen LogP contribution in [0.1, 0.15) is 44.5 Å². The average Bonchev–Trinajstić information content (AvgIpc) is 3.21. The Morgan fingerprint density at radius 1 is 1.10 bits per heavy atom. The Bertz CT molecular complexity index is 1390. The number of aromatic nitrogens is 1. The molecular weight excluding hydrogens is 539 g/mol. The lowest BCUT2D eigenvalue weighted by Gasteiger charge is -2.47. The summed E-state index contributed by atoms with van der Waals surface area (Å²) in [6.07, 6.45) is -0.598. The van der Waals surface area contributed by atoms with E-state index in [-0.39, 0.29) is 35.9 Å². The Hall–Kier alpha value is -3.28. The highest BCUT2D eigenvalue weighted by molar-refractivity contribution is 5.97. The van der Waals surface area contributed by atoms with E-state index in [0.29, 0.717) is 44.2 Å². The smallest absolute Gasteiger partial charge is 0.407 e. The van der Waals surface area contributed by atoms with Gasteiger partial charge in [-0.15, -0.1) is 0 Å². The van der Waals surface area contributed by atoms with Crippen LogP contribution in [0.5, 0.6) is 0 Å². The molecule has 2 saturated heterocycles. The van der Waals surface area contributed by atoms with Crippen LogP contribution in [0.25, 0.3) is 0 Å². The minimum atomic E-state index is -0.934. The molecule has 2 N–H and O–H groups in total. The number of hydrogen-bond acceptors (Lipinski definition) is 6. The van der Waals surface area contributed by atoms with Crippen molar-refractivity contribution in [1.29, 1.82) is 0 Å². The normalized spacial score (nSPS) is 24.6. The molecule has 10 nitrogen and oxygen atoms in total. The summed E-state index contributed by atoms with van der Waals surface area (Å²) in [5.41, 5.74) is 2.36. The Balaban J connectivity index is 1.42. The first kappa shape index (κ1) is 30.2. The van der Waals surface area contributed by atoms with Gasteiger partial charge in [0.1, 0.15) is 5.82 Å². The lowest BCUT2D eigenvalue weighted by Crippen LogP contribution is -2.64. The van der Waals surface area contributed by atoms with Crippen molar-refractivity contribution >= 4 is 17.7 Å². The Morgan fingerprint density at radius 3 is 2.48 bits per heavy atom. The van der Waals surface area contributed by atoms with Gasteiger partial charge in [0, 0.05) is 88.4 Å². The number of rotatable bonds is 6. The maximum absolute atomic E-state index is 14.1. The summed E-state index contributed by atoms with van der Waals surface area (Å²) in [5, 5.41) is 13.3. The van der Waals surface area contributed by atoms with E-state index in [0.717, 1.165) is 36.6 Å². The molecule has 1 unspecified atom stereocenters. The number of nitrogens with zero attached hydrogens (tertiary/aromatic N) is 5. The standard InChI is InChI=1S/C31H43FN6O4/c1-20-14-33-10-11-35(20)16-25-17-37(30(41)42)21(2)15-36(25)18-27(39)38-19-31(3,4)28-26(38)13-23(29(40)34(28)5)12-22-6-8-24(32)9-7-22/h6-9,13,20-21,25,33H,10-12,14-19H2,1-5H3,(H,41,42)/t20?,21-,25+/m1/s1. The molecule has 3 aliphatic rings. The quantitative estimate of drug-likeness (QED) is 0.538. The lowest BCUT2D eigenvalue weighted by molar-refractivity contribution is -0.121. The number of carboxylic acid groups (broad SMARTS) is 1. The van der Waals surface area contributed by atoms with Crippen LogP contribution in [-0.2, 0) is 23.7 Å². The third-order valence-corrected chi connectivity index (χ3v) is 9.19. The summed E-state index contributed by atoms with van der Waals surface area (Å²) in [6.45, 7) is 12.9. The monoisotopic (exact) mass is 582 g/mol. The second-order valence-corrected chi connectivity index (χ2v) is 12.8. The summed E-state index contributed by atoms with van der Waals surface area (Å²) in [4.78, 5) is 47.3. The van der Waals surface area contributed by atoms with E-state index in [1.807, 2.05) is 26.8 Å². The molecule has 1 aromatic heterocycles. The third kappa shape index (κ3) is 5.95. The van der Waals surface area contributed by atoms with Crippen LogP contribution in [0.2, 0.25) is 0 Å². The minimum Gasteiger partial charge on any atom is -0.465 e. The average molecular weight is 583 g/mol. The molecule has 4 heterocycles. The van der Waals surface area contributed by atoms with Crippen molar-refractivity contribution in [2.24, 2.45) is 7.05 Å². The molecule has 42 heavy (non-hydrogen) atoms. The number of benzene rings is 1. The van der Waals surface area contributed by atoms with Gasteiger partial charge in [-0.3, -0.25) is 19.4 Å². The maximum atomic E-state index is 14.1. The summed E-state index contributed by atoms with van der Waals surface area (Å²) >= 11 is 0. The van der Waals surface area contributed by atoms with Gasteiger partial charge in [-0.2, -0.15) is 0 Å². The molecule has 2 aromatic rings. The molecular formula is C31H43FN6O4. The van der Waals surface area contributed by atoms with Gasteiger partial charge in [-0.05, 0) is 37.6 Å². The lowest BCUT2D eigenvalue weighted by atomic mass is 9.90. The van der Waals surface area contributed by atoms with Gasteiger partial charge in [0.15, 0.2) is 0 Å². The predicted molar refractivity (Wildman–Crippen MR) is 160 cm³/mol. The van der Waals surface area contributed by atoms with Gasteiger partial charge in [0.2, 0.25) is 5.91 Å². The fraction of sp³-hybridized carbons (Fsp3) is 0.581. The van der Waals surface area contributed by atoms with Crippen LogP contribution in [-0.4, -0.2) is 107 Å². The van der Waals surface area contributed by atoms with Crippen LogP contribution >= 0.6 is 0 Å². The van der Waals surface area contributed by atoms with Gasteiger partial charge in [-0.25, -0.2) is 9.18 Å². The van der Waals surface area contributed by atoms with Gasteiger partial charge in [0.25, 0.3) is 5.56 Å². The molecule has 1 aromatic carbocycles. The molecule has 0 aliphatic carbocycles. The predicted octanol–water partition coefficient (Wildman–Crippen LogP) is 2.09. The zero-order chi connectivity index (χ0) is 30.3. The van der Waals surface area contributed by atoms with Crippen molar-refractivity contribution in [3.63, 3.8) is 0 Å². The largest absolute Gasteiger partial charge is 0.465 e. The summed E-state index contributed by atoms with van der Waals surface area (Å²) in [5.74, 6) is -0.398. The van der Waals surface area contributed by atoms with Gasteiger partial charge < -0.3 is 24.8 Å². The number of carbonyl (C=O) groups excluding carboxylic acids is 1. The summed E-state index contributed by atoms with van der Waals surface area (Å²) in [6, 6.07) is 7.91. The molecule has 3 aliphatic heterocycles. The molecule has 0 spiro atoms. The van der Waals surface area contributed by atoms with Crippen molar-refractivity contribution in [3.8, 4) is 0 Å². The van der Waals surface area contributed by atoms with Crippen molar-refractivity contribution in [2.45, 2.75) is 57.7 Å². The second kappa shape index (κ2) is 11.8. The Kier molecular flexibility index (Phi) is 8.46. The maximum Gasteiger partial charge on any atom is 0.407 e. The number of pyridine rings is 1. The van der Waals surface area contributed by atoms with E-state index in [2.05, 4.69) is 22.0 Å². The van der Waals surface area contributed by atoms with Crippen molar-refractivity contribution < 1.29 is 19.1 Å². The molecule has 2 amide bonds. The number of halogens is 1. The fourth-order valence-electron chi connectivity index (χ4n) is 6.94. The van der Waals surface area contributed by atoms with Gasteiger partial charge in [-0.1, -0.05) is 26.0 Å². The van der Waals surface area contributed by atoms with Crippen molar-refractivity contribution in [3.05, 3.63) is 63.3 Å². The summed E-state index contributed by atoms with van der Waals surface area (Å²) < 4.78 is 15.1. The number of fused-ring (bicyclic) bond motifs is 1. The molecule has 11 heteroatoms. The van der Waals surface area contributed by atoms with Crippen molar-refractivity contribution in [1.82, 2.24) is 24.6 Å². The van der Waals surface area contributed by atoms with E-state index in [1.54, 1.807) is 28.6 Å². The van der Waals surface area contributed by atoms with Crippen LogP contribution in [0.15, 0.2) is 35.1 Å². The molecule has 3 atom stereocenters. The molecule has 0 radical (unpaired) electrons.